The Morgan fingerprint density at radius 1 is 1.16 bits per heavy atom. The number of amides is 2. The van der Waals surface area contributed by atoms with Crippen LogP contribution in [0.3, 0.4) is 0 Å². The summed E-state index contributed by atoms with van der Waals surface area (Å²) in [5, 5.41) is 11.4. The van der Waals surface area contributed by atoms with Crippen molar-refractivity contribution < 1.29 is 18.0 Å². The molecule has 134 valence electrons. The van der Waals surface area contributed by atoms with E-state index in [4.69, 9.17) is 0 Å². The zero-order valence-electron chi connectivity index (χ0n) is 14.0. The van der Waals surface area contributed by atoms with Crippen LogP contribution >= 0.6 is 0 Å². The quantitative estimate of drug-likeness (QED) is 0.612. The Bertz CT molecular complexity index is 872. The molecule has 0 saturated heterocycles. The van der Waals surface area contributed by atoms with Gasteiger partial charge in [0.25, 0.3) is 15.9 Å². The monoisotopic (exact) mass is 365 g/mol. The molecular formula is C15H19N5O4S. The van der Waals surface area contributed by atoms with Crippen molar-refractivity contribution in [3.63, 3.8) is 0 Å². The third-order valence-electron chi connectivity index (χ3n) is 3.02. The summed E-state index contributed by atoms with van der Waals surface area (Å²) in [5.41, 5.74) is 0.544. The molecule has 1 heterocycles. The van der Waals surface area contributed by atoms with Gasteiger partial charge < -0.3 is 10.6 Å². The van der Waals surface area contributed by atoms with Crippen LogP contribution in [0.25, 0.3) is 0 Å². The number of carbonyl (C=O) groups is 2. The fourth-order valence-electron chi connectivity index (χ4n) is 2.00. The number of hydrogen-bond acceptors (Lipinski definition) is 5. The number of H-pyrrole nitrogens is 1. The molecular weight excluding hydrogens is 346 g/mol. The Balaban J connectivity index is 2.21. The van der Waals surface area contributed by atoms with Gasteiger partial charge in [-0.2, -0.15) is 5.10 Å². The van der Waals surface area contributed by atoms with E-state index in [0.717, 1.165) is 0 Å². The molecule has 0 aliphatic heterocycles. The summed E-state index contributed by atoms with van der Waals surface area (Å²) in [7, 11) is -3.92. The van der Waals surface area contributed by atoms with Crippen molar-refractivity contribution >= 4 is 33.2 Å². The van der Waals surface area contributed by atoms with Crippen molar-refractivity contribution in [2.75, 3.05) is 10.0 Å². The summed E-state index contributed by atoms with van der Waals surface area (Å²) >= 11 is 0. The van der Waals surface area contributed by atoms with E-state index < -0.39 is 15.9 Å². The van der Waals surface area contributed by atoms with E-state index in [1.807, 2.05) is 0 Å². The van der Waals surface area contributed by atoms with Crippen molar-refractivity contribution in [3.05, 3.63) is 36.2 Å². The fourth-order valence-corrected chi connectivity index (χ4v) is 3.05. The predicted molar refractivity (Wildman–Crippen MR) is 92.7 cm³/mol. The number of sulfonamides is 1. The number of benzene rings is 1. The van der Waals surface area contributed by atoms with Crippen molar-refractivity contribution in [1.29, 1.82) is 0 Å². The lowest BCUT2D eigenvalue weighted by molar-refractivity contribution is -0.114. The van der Waals surface area contributed by atoms with E-state index in [1.165, 1.54) is 37.4 Å². The molecule has 9 nitrogen and oxygen atoms in total. The van der Waals surface area contributed by atoms with Gasteiger partial charge in [0, 0.05) is 18.7 Å². The molecule has 0 aliphatic carbocycles. The van der Waals surface area contributed by atoms with Gasteiger partial charge in [0.1, 0.15) is 5.69 Å². The van der Waals surface area contributed by atoms with Crippen LogP contribution in [0.4, 0.5) is 11.4 Å². The molecule has 1 aromatic carbocycles. The minimum atomic E-state index is -3.92. The Hall–Kier alpha value is -2.88. The zero-order valence-corrected chi connectivity index (χ0v) is 14.8. The van der Waals surface area contributed by atoms with Gasteiger partial charge in [-0.15, -0.1) is 0 Å². The second kappa shape index (κ2) is 7.34. The largest absolute Gasteiger partial charge is 0.348 e. The Morgan fingerprint density at radius 2 is 1.80 bits per heavy atom. The summed E-state index contributed by atoms with van der Waals surface area (Å²) in [6, 6.07) is 5.53. The third-order valence-corrected chi connectivity index (χ3v) is 4.40. The molecule has 0 spiro atoms. The van der Waals surface area contributed by atoms with Crippen LogP contribution in [0, 0.1) is 0 Å². The highest BCUT2D eigenvalue weighted by Gasteiger charge is 2.21. The highest BCUT2D eigenvalue weighted by molar-refractivity contribution is 7.92. The molecule has 0 saturated carbocycles. The SMILES string of the molecule is CC(=O)Nc1ccc(S(=O)(=O)Nc2cn[nH]c2C(=O)NC(C)C)cc1. The van der Waals surface area contributed by atoms with Crippen molar-refractivity contribution in [1.82, 2.24) is 15.5 Å². The van der Waals surface area contributed by atoms with Gasteiger partial charge in [-0.25, -0.2) is 8.42 Å². The lowest BCUT2D eigenvalue weighted by Gasteiger charge is -2.11. The first-order valence-corrected chi connectivity index (χ1v) is 8.92. The van der Waals surface area contributed by atoms with Gasteiger partial charge in [0.2, 0.25) is 5.91 Å². The molecule has 0 radical (unpaired) electrons. The van der Waals surface area contributed by atoms with Crippen LogP contribution in [-0.2, 0) is 14.8 Å². The number of nitrogens with one attached hydrogen (secondary N) is 4. The molecule has 0 atom stereocenters. The van der Waals surface area contributed by atoms with Gasteiger partial charge >= 0.3 is 0 Å². The predicted octanol–water partition coefficient (Wildman–Crippen LogP) is 1.31. The van der Waals surface area contributed by atoms with Crippen molar-refractivity contribution in [3.8, 4) is 0 Å². The molecule has 1 aromatic heterocycles. The Morgan fingerprint density at radius 3 is 2.36 bits per heavy atom. The fraction of sp³-hybridized carbons (Fsp3) is 0.267. The van der Waals surface area contributed by atoms with Crippen LogP contribution in [0.1, 0.15) is 31.3 Å². The summed E-state index contributed by atoms with van der Waals surface area (Å²) in [5.74, 6) is -0.723. The standard InChI is InChI=1S/C15H19N5O4S/c1-9(2)17-15(22)14-13(8-16-19-14)20-25(23,24)12-6-4-11(5-7-12)18-10(3)21/h4-9,20H,1-3H3,(H,16,19)(H,17,22)(H,18,21). The number of aromatic amines is 1. The van der Waals surface area contributed by atoms with Gasteiger partial charge in [0.15, 0.2) is 0 Å². The van der Waals surface area contributed by atoms with E-state index in [9.17, 15) is 18.0 Å². The Labute approximate surface area is 145 Å². The normalized spacial score (nSPS) is 11.2. The average molecular weight is 365 g/mol. The molecule has 10 heteroatoms. The van der Waals surface area contributed by atoms with Gasteiger partial charge in [0.05, 0.1) is 16.8 Å². The first-order valence-electron chi connectivity index (χ1n) is 7.44. The van der Waals surface area contributed by atoms with Crippen LogP contribution in [0.2, 0.25) is 0 Å². The number of rotatable bonds is 6. The van der Waals surface area contributed by atoms with E-state index in [2.05, 4.69) is 25.6 Å². The first-order chi connectivity index (χ1) is 11.7. The second-order valence-electron chi connectivity index (χ2n) is 5.60. The lowest BCUT2D eigenvalue weighted by Crippen LogP contribution is -2.31. The number of hydrogen-bond donors (Lipinski definition) is 4. The molecule has 0 unspecified atom stereocenters. The smallest absolute Gasteiger partial charge is 0.271 e. The number of carbonyl (C=O) groups excluding carboxylic acids is 2. The summed E-state index contributed by atoms with van der Waals surface area (Å²) < 4.78 is 27.2. The summed E-state index contributed by atoms with van der Waals surface area (Å²) in [4.78, 5) is 23.0. The summed E-state index contributed by atoms with van der Waals surface area (Å²) in [6.07, 6.45) is 1.22. The van der Waals surface area contributed by atoms with E-state index >= 15 is 0 Å². The maximum Gasteiger partial charge on any atom is 0.271 e. The lowest BCUT2D eigenvalue weighted by atomic mass is 10.3. The molecule has 25 heavy (non-hydrogen) atoms. The maximum absolute atomic E-state index is 12.5. The topological polar surface area (TPSA) is 133 Å². The molecule has 2 amide bonds. The summed E-state index contributed by atoms with van der Waals surface area (Å²) in [6.45, 7) is 4.93. The second-order valence-corrected chi connectivity index (χ2v) is 7.28. The average Bonchev–Trinajstić information content (AvgIpc) is 2.94. The molecule has 4 N–H and O–H groups in total. The molecule has 0 fully saturated rings. The maximum atomic E-state index is 12.5. The number of nitrogens with zero attached hydrogens (tertiary/aromatic N) is 1. The minimum absolute atomic E-state index is 0.0157. The van der Waals surface area contributed by atoms with Gasteiger partial charge in [-0.1, -0.05) is 0 Å². The Kier molecular flexibility index (Phi) is 5.42. The highest BCUT2D eigenvalue weighted by atomic mass is 32.2. The van der Waals surface area contributed by atoms with Crippen LogP contribution in [0.15, 0.2) is 35.4 Å². The first kappa shape index (κ1) is 18.5. The molecule has 2 rings (SSSR count). The van der Waals surface area contributed by atoms with Crippen LogP contribution in [0.5, 0.6) is 0 Å². The van der Waals surface area contributed by atoms with E-state index in [1.54, 1.807) is 13.8 Å². The van der Waals surface area contributed by atoms with Gasteiger partial charge in [-0.3, -0.25) is 19.4 Å². The highest BCUT2D eigenvalue weighted by Crippen LogP contribution is 2.20. The van der Waals surface area contributed by atoms with Crippen LogP contribution in [-0.4, -0.2) is 36.5 Å². The van der Waals surface area contributed by atoms with Gasteiger partial charge in [-0.05, 0) is 38.1 Å². The third kappa shape index (κ3) is 4.80. The molecule has 2 aromatic rings. The number of aromatic nitrogens is 2. The zero-order chi connectivity index (χ0) is 18.6. The van der Waals surface area contributed by atoms with Crippen LogP contribution < -0.4 is 15.4 Å². The molecule has 0 bridgehead atoms. The molecule has 0 aliphatic rings. The minimum Gasteiger partial charge on any atom is -0.348 e. The van der Waals surface area contributed by atoms with E-state index in [-0.39, 0.29) is 28.2 Å². The number of anilines is 2. The van der Waals surface area contributed by atoms with Crippen molar-refractivity contribution in [2.24, 2.45) is 0 Å². The van der Waals surface area contributed by atoms with E-state index in [0.29, 0.717) is 5.69 Å². The van der Waals surface area contributed by atoms with Crippen molar-refractivity contribution in [2.45, 2.75) is 31.7 Å².